The second-order valence-corrected chi connectivity index (χ2v) is 7.07. The number of carbonyl (C=O) groups is 1. The topological polar surface area (TPSA) is 58.1 Å². The molecule has 3 aromatic rings. The molecule has 1 fully saturated rings. The minimum Gasteiger partial charge on any atom is -0.355 e. The first-order valence-electron chi connectivity index (χ1n) is 9.60. The lowest BCUT2D eigenvalue weighted by Crippen LogP contribution is -2.32. The van der Waals surface area contributed by atoms with Crippen LogP contribution in [-0.2, 0) is 0 Å². The molecule has 5 heteroatoms. The van der Waals surface area contributed by atoms with Crippen molar-refractivity contribution in [2.75, 3.05) is 18.0 Å². The highest BCUT2D eigenvalue weighted by molar-refractivity contribution is 6.07. The predicted molar refractivity (Wildman–Crippen MR) is 108 cm³/mol. The largest absolute Gasteiger partial charge is 0.355 e. The minimum absolute atomic E-state index is 0.0963. The van der Waals surface area contributed by atoms with Gasteiger partial charge in [0.25, 0.3) is 5.91 Å². The fraction of sp³-hybridized carbons (Fsp3) is 0.318. The first kappa shape index (κ1) is 17.5. The van der Waals surface area contributed by atoms with E-state index in [1.54, 1.807) is 0 Å². The predicted octanol–water partition coefficient (Wildman–Crippen LogP) is 4.11. The summed E-state index contributed by atoms with van der Waals surface area (Å²) in [5, 5.41) is 13.7. The van der Waals surface area contributed by atoms with Crippen LogP contribution in [0.1, 0.15) is 48.3 Å². The van der Waals surface area contributed by atoms with Crippen molar-refractivity contribution >= 4 is 22.5 Å². The molecule has 1 atom stereocenters. The number of fused-ring (bicyclic) bond motifs is 1. The van der Waals surface area contributed by atoms with E-state index in [4.69, 9.17) is 0 Å². The number of nitrogens with one attached hydrogen (secondary N) is 1. The van der Waals surface area contributed by atoms with Gasteiger partial charge in [0.2, 0.25) is 0 Å². The van der Waals surface area contributed by atoms with Gasteiger partial charge in [-0.3, -0.25) is 4.79 Å². The van der Waals surface area contributed by atoms with Crippen LogP contribution in [-0.4, -0.2) is 29.2 Å². The van der Waals surface area contributed by atoms with Gasteiger partial charge in [0.1, 0.15) is 0 Å². The van der Waals surface area contributed by atoms with E-state index < -0.39 is 0 Å². The number of piperidine rings is 1. The van der Waals surface area contributed by atoms with Crippen molar-refractivity contribution in [3.05, 3.63) is 65.9 Å². The smallest absolute Gasteiger partial charge is 0.272 e. The Labute approximate surface area is 159 Å². The molecule has 2 aromatic carbocycles. The molecule has 1 N–H and O–H groups in total. The number of nitrogens with zero attached hydrogens (tertiary/aromatic N) is 3. The van der Waals surface area contributed by atoms with Gasteiger partial charge < -0.3 is 10.2 Å². The standard InChI is InChI=1S/C22H24N4O/c1-16(17-10-4-2-5-11-17)23-22(27)20-18-12-6-7-13-19(18)21(25-24-20)26-14-8-3-9-15-26/h2,4-7,10-13,16H,3,8-9,14-15H2,1H3,(H,23,27). The molecule has 1 aliphatic heterocycles. The molecule has 2 heterocycles. The Morgan fingerprint density at radius 3 is 2.33 bits per heavy atom. The van der Waals surface area contributed by atoms with E-state index in [2.05, 4.69) is 20.4 Å². The zero-order valence-electron chi connectivity index (χ0n) is 15.6. The summed E-state index contributed by atoms with van der Waals surface area (Å²) in [5.41, 5.74) is 1.45. The molecular formula is C22H24N4O. The molecule has 1 saturated heterocycles. The number of hydrogen-bond donors (Lipinski definition) is 1. The molecule has 1 aliphatic rings. The second-order valence-electron chi connectivity index (χ2n) is 7.07. The first-order chi connectivity index (χ1) is 13.2. The van der Waals surface area contributed by atoms with Crippen LogP contribution in [0.3, 0.4) is 0 Å². The summed E-state index contributed by atoms with van der Waals surface area (Å²) in [7, 11) is 0. The molecular weight excluding hydrogens is 336 g/mol. The Hall–Kier alpha value is -2.95. The number of hydrogen-bond acceptors (Lipinski definition) is 4. The van der Waals surface area contributed by atoms with Crippen LogP contribution in [0.5, 0.6) is 0 Å². The summed E-state index contributed by atoms with van der Waals surface area (Å²) in [6.45, 7) is 3.97. The van der Waals surface area contributed by atoms with Crippen LogP contribution in [0.15, 0.2) is 54.6 Å². The molecule has 0 saturated carbocycles. The molecule has 5 nitrogen and oxygen atoms in total. The van der Waals surface area contributed by atoms with Gasteiger partial charge in [-0.2, -0.15) is 0 Å². The maximum Gasteiger partial charge on any atom is 0.272 e. The number of aromatic nitrogens is 2. The molecule has 27 heavy (non-hydrogen) atoms. The molecule has 138 valence electrons. The summed E-state index contributed by atoms with van der Waals surface area (Å²) < 4.78 is 0. The number of anilines is 1. The number of rotatable bonds is 4. The normalized spacial score (nSPS) is 15.5. The van der Waals surface area contributed by atoms with Crippen LogP contribution in [0.25, 0.3) is 10.8 Å². The van der Waals surface area contributed by atoms with Gasteiger partial charge in [0, 0.05) is 23.9 Å². The fourth-order valence-electron chi connectivity index (χ4n) is 3.69. The van der Waals surface area contributed by atoms with Gasteiger partial charge in [0.05, 0.1) is 6.04 Å². The Morgan fingerprint density at radius 2 is 1.59 bits per heavy atom. The fourth-order valence-corrected chi connectivity index (χ4v) is 3.69. The molecule has 0 aliphatic carbocycles. The quantitative estimate of drug-likeness (QED) is 0.761. The number of carbonyl (C=O) groups excluding carboxylic acids is 1. The third kappa shape index (κ3) is 3.63. The SMILES string of the molecule is CC(NC(=O)c1nnc(N2CCCCC2)c2ccccc12)c1ccccc1. The van der Waals surface area contributed by atoms with Crippen LogP contribution in [0, 0.1) is 0 Å². The van der Waals surface area contributed by atoms with Gasteiger partial charge in [-0.15, -0.1) is 10.2 Å². The van der Waals surface area contributed by atoms with E-state index in [0.717, 1.165) is 35.2 Å². The van der Waals surface area contributed by atoms with E-state index in [1.165, 1.54) is 19.3 Å². The van der Waals surface area contributed by atoms with Crippen LogP contribution in [0.4, 0.5) is 5.82 Å². The lowest BCUT2D eigenvalue weighted by Gasteiger charge is -2.28. The van der Waals surface area contributed by atoms with E-state index in [1.807, 2.05) is 61.5 Å². The van der Waals surface area contributed by atoms with Gasteiger partial charge in [-0.25, -0.2) is 0 Å². The van der Waals surface area contributed by atoms with Crippen molar-refractivity contribution in [1.29, 1.82) is 0 Å². The molecule has 1 aromatic heterocycles. The van der Waals surface area contributed by atoms with Crippen LogP contribution in [0.2, 0.25) is 0 Å². The second kappa shape index (κ2) is 7.74. The summed E-state index contributed by atoms with van der Waals surface area (Å²) >= 11 is 0. The van der Waals surface area contributed by atoms with Gasteiger partial charge in [-0.05, 0) is 31.7 Å². The average Bonchev–Trinajstić information content (AvgIpc) is 2.74. The number of amides is 1. The van der Waals surface area contributed by atoms with E-state index in [-0.39, 0.29) is 11.9 Å². The summed E-state index contributed by atoms with van der Waals surface area (Å²) in [5.74, 6) is 0.693. The van der Waals surface area contributed by atoms with Gasteiger partial charge in [0.15, 0.2) is 11.5 Å². The Kier molecular flexibility index (Phi) is 5.01. The van der Waals surface area contributed by atoms with Gasteiger partial charge >= 0.3 is 0 Å². The summed E-state index contributed by atoms with van der Waals surface area (Å²) in [4.78, 5) is 15.2. The van der Waals surface area contributed by atoms with E-state index in [9.17, 15) is 4.79 Å². The number of benzene rings is 2. The Bertz CT molecular complexity index is 935. The lowest BCUT2D eigenvalue weighted by molar-refractivity contribution is 0.0936. The monoisotopic (exact) mass is 360 g/mol. The van der Waals surface area contributed by atoms with Crippen LogP contribution < -0.4 is 10.2 Å². The Morgan fingerprint density at radius 1 is 0.926 bits per heavy atom. The van der Waals surface area contributed by atoms with E-state index >= 15 is 0 Å². The highest BCUT2D eigenvalue weighted by Gasteiger charge is 2.21. The maximum atomic E-state index is 12.9. The van der Waals surface area contributed by atoms with Crippen molar-refractivity contribution in [2.45, 2.75) is 32.2 Å². The molecule has 1 amide bonds. The van der Waals surface area contributed by atoms with Gasteiger partial charge in [-0.1, -0.05) is 54.6 Å². The van der Waals surface area contributed by atoms with Crippen molar-refractivity contribution in [3.8, 4) is 0 Å². The van der Waals surface area contributed by atoms with Crippen molar-refractivity contribution in [2.24, 2.45) is 0 Å². The highest BCUT2D eigenvalue weighted by atomic mass is 16.2. The highest BCUT2D eigenvalue weighted by Crippen LogP contribution is 2.28. The zero-order valence-corrected chi connectivity index (χ0v) is 15.6. The summed E-state index contributed by atoms with van der Waals surface area (Å²) in [6, 6.07) is 17.8. The third-order valence-corrected chi connectivity index (χ3v) is 5.19. The minimum atomic E-state index is -0.194. The molecule has 4 rings (SSSR count). The van der Waals surface area contributed by atoms with Crippen LogP contribution >= 0.6 is 0 Å². The Balaban J connectivity index is 1.65. The molecule has 0 bridgehead atoms. The van der Waals surface area contributed by atoms with Crippen molar-refractivity contribution < 1.29 is 4.79 Å². The lowest BCUT2D eigenvalue weighted by atomic mass is 10.1. The van der Waals surface area contributed by atoms with Crippen molar-refractivity contribution in [1.82, 2.24) is 15.5 Å². The maximum absolute atomic E-state index is 12.9. The third-order valence-electron chi connectivity index (χ3n) is 5.19. The van der Waals surface area contributed by atoms with Crippen molar-refractivity contribution in [3.63, 3.8) is 0 Å². The average molecular weight is 360 g/mol. The first-order valence-corrected chi connectivity index (χ1v) is 9.60. The molecule has 0 spiro atoms. The molecule has 0 radical (unpaired) electrons. The zero-order chi connectivity index (χ0) is 18.6. The summed E-state index contributed by atoms with van der Waals surface area (Å²) in [6.07, 6.45) is 3.61. The molecule has 1 unspecified atom stereocenters. The van der Waals surface area contributed by atoms with E-state index in [0.29, 0.717) is 5.69 Å².